The minimum absolute atomic E-state index is 0.230. The monoisotopic (exact) mass is 420 g/mol. The third-order valence-electron chi connectivity index (χ3n) is 3.95. The second-order valence-corrected chi connectivity index (χ2v) is 7.96. The summed E-state index contributed by atoms with van der Waals surface area (Å²) < 4.78 is 0. The van der Waals surface area contributed by atoms with E-state index in [4.69, 9.17) is 0 Å². The largest absolute Gasteiger partial charge is 0.302 e. The van der Waals surface area contributed by atoms with Gasteiger partial charge in [0.05, 0.1) is 10.6 Å². The SMILES string of the molecule is CC(=O)Nc1nc(C(=O)Nc2nc(-c3ccccc3)c(-c3ccccc3)s2)cs1. The lowest BCUT2D eigenvalue weighted by molar-refractivity contribution is -0.114. The van der Waals surface area contributed by atoms with Gasteiger partial charge in [0.1, 0.15) is 5.69 Å². The molecule has 0 aliphatic carbocycles. The Morgan fingerprint density at radius 1 is 0.828 bits per heavy atom. The second-order valence-electron chi connectivity index (χ2n) is 6.10. The van der Waals surface area contributed by atoms with E-state index in [2.05, 4.69) is 20.6 Å². The Bertz CT molecular complexity index is 1100. The van der Waals surface area contributed by atoms with Gasteiger partial charge in [-0.05, 0) is 5.56 Å². The van der Waals surface area contributed by atoms with Gasteiger partial charge in [0.25, 0.3) is 5.91 Å². The second kappa shape index (κ2) is 8.34. The van der Waals surface area contributed by atoms with Crippen molar-refractivity contribution >= 4 is 44.8 Å². The van der Waals surface area contributed by atoms with E-state index in [1.165, 1.54) is 29.6 Å². The van der Waals surface area contributed by atoms with Crippen molar-refractivity contribution < 1.29 is 9.59 Å². The normalized spacial score (nSPS) is 10.5. The summed E-state index contributed by atoms with van der Waals surface area (Å²) in [4.78, 5) is 33.5. The molecule has 2 aromatic carbocycles. The first-order valence-electron chi connectivity index (χ1n) is 8.76. The number of rotatable bonds is 5. The van der Waals surface area contributed by atoms with Crippen LogP contribution in [-0.2, 0) is 4.79 Å². The molecule has 0 aliphatic rings. The zero-order chi connectivity index (χ0) is 20.2. The summed E-state index contributed by atoms with van der Waals surface area (Å²) in [6.07, 6.45) is 0. The molecule has 144 valence electrons. The van der Waals surface area contributed by atoms with Crippen LogP contribution in [0.15, 0.2) is 66.0 Å². The molecular formula is C21H16N4O2S2. The Kier molecular flexibility index (Phi) is 5.46. The lowest BCUT2D eigenvalue weighted by atomic mass is 10.1. The van der Waals surface area contributed by atoms with Gasteiger partial charge in [-0.2, -0.15) is 0 Å². The smallest absolute Gasteiger partial charge is 0.276 e. The molecule has 0 radical (unpaired) electrons. The Morgan fingerprint density at radius 3 is 2.14 bits per heavy atom. The van der Waals surface area contributed by atoms with Gasteiger partial charge in [0.15, 0.2) is 10.3 Å². The number of anilines is 2. The third kappa shape index (κ3) is 4.39. The average Bonchev–Trinajstić information content (AvgIpc) is 3.36. The molecule has 2 amide bonds. The molecule has 2 aromatic heterocycles. The molecule has 0 unspecified atom stereocenters. The van der Waals surface area contributed by atoms with Crippen LogP contribution in [0.25, 0.3) is 21.7 Å². The molecule has 0 saturated heterocycles. The van der Waals surface area contributed by atoms with Crippen molar-refractivity contribution in [1.29, 1.82) is 0 Å². The Labute approximate surface area is 175 Å². The van der Waals surface area contributed by atoms with Crippen molar-refractivity contribution in [2.75, 3.05) is 10.6 Å². The topological polar surface area (TPSA) is 84.0 Å². The van der Waals surface area contributed by atoms with Crippen LogP contribution in [0.5, 0.6) is 0 Å². The van der Waals surface area contributed by atoms with Crippen LogP contribution in [0, 0.1) is 0 Å². The predicted octanol–water partition coefficient (Wildman–Crippen LogP) is 5.14. The molecule has 8 heteroatoms. The molecular weight excluding hydrogens is 404 g/mol. The summed E-state index contributed by atoms with van der Waals surface area (Å²) in [5.41, 5.74) is 3.06. The molecule has 6 nitrogen and oxygen atoms in total. The van der Waals surface area contributed by atoms with Crippen molar-refractivity contribution in [1.82, 2.24) is 9.97 Å². The van der Waals surface area contributed by atoms with Crippen LogP contribution < -0.4 is 10.6 Å². The molecule has 0 atom stereocenters. The molecule has 29 heavy (non-hydrogen) atoms. The lowest BCUT2D eigenvalue weighted by Gasteiger charge is -2.02. The van der Waals surface area contributed by atoms with Crippen LogP contribution in [0.2, 0.25) is 0 Å². The zero-order valence-electron chi connectivity index (χ0n) is 15.4. The zero-order valence-corrected chi connectivity index (χ0v) is 17.0. The summed E-state index contributed by atoms with van der Waals surface area (Å²) in [5, 5.41) is 7.88. The fraction of sp³-hybridized carbons (Fsp3) is 0.0476. The quantitative estimate of drug-likeness (QED) is 0.468. The van der Waals surface area contributed by atoms with E-state index in [1.807, 2.05) is 60.7 Å². The van der Waals surface area contributed by atoms with Crippen LogP contribution in [-0.4, -0.2) is 21.8 Å². The first-order valence-corrected chi connectivity index (χ1v) is 10.5. The highest BCUT2D eigenvalue weighted by Gasteiger charge is 2.18. The fourth-order valence-electron chi connectivity index (χ4n) is 2.70. The molecule has 4 aromatic rings. The minimum Gasteiger partial charge on any atom is -0.302 e. The Balaban J connectivity index is 1.64. The summed E-state index contributed by atoms with van der Waals surface area (Å²) in [6.45, 7) is 1.40. The first kappa shape index (κ1) is 19.0. The molecule has 2 heterocycles. The molecule has 0 spiro atoms. The molecule has 0 bridgehead atoms. The predicted molar refractivity (Wildman–Crippen MR) is 117 cm³/mol. The highest BCUT2D eigenvalue weighted by atomic mass is 32.1. The van der Waals surface area contributed by atoms with E-state index in [1.54, 1.807) is 5.38 Å². The van der Waals surface area contributed by atoms with Gasteiger partial charge in [-0.3, -0.25) is 14.9 Å². The van der Waals surface area contributed by atoms with E-state index < -0.39 is 0 Å². The number of carbonyl (C=O) groups excluding carboxylic acids is 2. The van der Waals surface area contributed by atoms with Gasteiger partial charge < -0.3 is 5.32 Å². The van der Waals surface area contributed by atoms with Gasteiger partial charge in [-0.1, -0.05) is 72.0 Å². The number of carbonyl (C=O) groups is 2. The van der Waals surface area contributed by atoms with Crippen LogP contribution in [0.1, 0.15) is 17.4 Å². The van der Waals surface area contributed by atoms with E-state index in [0.29, 0.717) is 10.3 Å². The summed E-state index contributed by atoms with van der Waals surface area (Å²) >= 11 is 2.61. The number of thiazole rings is 2. The average molecular weight is 421 g/mol. The van der Waals surface area contributed by atoms with Crippen molar-refractivity contribution in [2.24, 2.45) is 0 Å². The molecule has 2 N–H and O–H groups in total. The highest BCUT2D eigenvalue weighted by Crippen LogP contribution is 2.39. The maximum atomic E-state index is 12.6. The van der Waals surface area contributed by atoms with E-state index >= 15 is 0 Å². The first-order chi connectivity index (χ1) is 14.1. The number of hydrogen-bond donors (Lipinski definition) is 2. The van der Waals surface area contributed by atoms with Gasteiger partial charge in [-0.25, -0.2) is 9.97 Å². The number of aromatic nitrogens is 2. The van der Waals surface area contributed by atoms with Crippen LogP contribution in [0.4, 0.5) is 10.3 Å². The van der Waals surface area contributed by atoms with Crippen molar-refractivity contribution in [3.05, 3.63) is 71.7 Å². The minimum atomic E-state index is -0.370. The van der Waals surface area contributed by atoms with Gasteiger partial charge >= 0.3 is 0 Å². The molecule has 0 fully saturated rings. The number of hydrogen-bond acceptors (Lipinski definition) is 6. The molecule has 0 saturated carbocycles. The van der Waals surface area contributed by atoms with Gasteiger partial charge in [0, 0.05) is 17.9 Å². The fourth-order valence-corrected chi connectivity index (χ4v) is 4.42. The molecule has 0 aliphatic heterocycles. The Morgan fingerprint density at radius 2 is 1.48 bits per heavy atom. The summed E-state index contributed by atoms with van der Waals surface area (Å²) in [5.74, 6) is -0.600. The van der Waals surface area contributed by atoms with Crippen molar-refractivity contribution in [3.8, 4) is 21.7 Å². The third-order valence-corrected chi connectivity index (χ3v) is 5.73. The van der Waals surface area contributed by atoms with Gasteiger partial charge in [-0.15, -0.1) is 11.3 Å². The summed E-state index contributed by atoms with van der Waals surface area (Å²) in [6, 6.07) is 19.8. The van der Waals surface area contributed by atoms with E-state index in [-0.39, 0.29) is 17.5 Å². The van der Waals surface area contributed by atoms with E-state index in [0.717, 1.165) is 21.7 Å². The Hall–Kier alpha value is -3.36. The van der Waals surface area contributed by atoms with Crippen LogP contribution in [0.3, 0.4) is 0 Å². The number of benzene rings is 2. The van der Waals surface area contributed by atoms with Crippen LogP contribution >= 0.6 is 22.7 Å². The van der Waals surface area contributed by atoms with Gasteiger partial charge in [0.2, 0.25) is 5.91 Å². The van der Waals surface area contributed by atoms with Crippen molar-refractivity contribution in [2.45, 2.75) is 6.92 Å². The molecule has 4 rings (SSSR count). The maximum Gasteiger partial charge on any atom is 0.276 e. The number of nitrogens with one attached hydrogen (secondary N) is 2. The van der Waals surface area contributed by atoms with Crippen molar-refractivity contribution in [3.63, 3.8) is 0 Å². The summed E-state index contributed by atoms with van der Waals surface area (Å²) in [7, 11) is 0. The number of amides is 2. The number of nitrogens with zero attached hydrogens (tertiary/aromatic N) is 2. The van der Waals surface area contributed by atoms with E-state index in [9.17, 15) is 9.59 Å². The highest BCUT2D eigenvalue weighted by molar-refractivity contribution is 7.19. The maximum absolute atomic E-state index is 12.6. The standard InChI is InChI=1S/C21H16N4O2S2/c1-13(26)22-20-23-16(12-28-20)19(27)25-21-24-17(14-8-4-2-5-9-14)18(29-21)15-10-6-3-7-11-15/h2-12H,1H3,(H,22,23,26)(H,24,25,27). The lowest BCUT2D eigenvalue weighted by Crippen LogP contribution is -2.12.